The summed E-state index contributed by atoms with van der Waals surface area (Å²) >= 11 is 3.87. The number of hydrogen-bond donors (Lipinski definition) is 2. The molecule has 3 rings (SSSR count). The van der Waals surface area contributed by atoms with Crippen LogP contribution in [0.4, 0.5) is 23.2 Å². The van der Waals surface area contributed by atoms with Crippen LogP contribution in [0.15, 0.2) is 53.4 Å². The van der Waals surface area contributed by atoms with E-state index in [2.05, 4.69) is 10.3 Å². The molecule has 0 aliphatic carbocycles. The van der Waals surface area contributed by atoms with Crippen LogP contribution in [0.3, 0.4) is 0 Å². The fourth-order valence-corrected chi connectivity index (χ4v) is 4.69. The molecule has 0 saturated heterocycles. The molecule has 3 aromatic rings. The molecular formula is C25H23ClF4N4O4S. The lowest BCUT2D eigenvalue weighted by Crippen LogP contribution is -2.51. The molecule has 0 bridgehead atoms. The Morgan fingerprint density at radius 3 is 2.38 bits per heavy atom. The van der Waals surface area contributed by atoms with E-state index in [-0.39, 0.29) is 27.6 Å². The molecule has 39 heavy (non-hydrogen) atoms. The van der Waals surface area contributed by atoms with Crippen molar-refractivity contribution in [2.24, 2.45) is 5.73 Å². The van der Waals surface area contributed by atoms with Gasteiger partial charge in [0.1, 0.15) is 22.9 Å². The minimum Gasteiger partial charge on any atom is -0.588 e. The van der Waals surface area contributed by atoms with Crippen molar-refractivity contribution in [1.29, 1.82) is 0 Å². The maximum atomic E-state index is 13.5. The fraction of sp³-hybridized carbons (Fsp3) is 0.240. The number of halogens is 5. The van der Waals surface area contributed by atoms with Gasteiger partial charge in [0.15, 0.2) is 4.90 Å². The highest BCUT2D eigenvalue weighted by Gasteiger charge is 2.36. The topological polar surface area (TPSA) is 121 Å². The number of aromatic nitrogens is 1. The predicted molar refractivity (Wildman–Crippen MR) is 137 cm³/mol. The first-order chi connectivity index (χ1) is 18.0. The highest BCUT2D eigenvalue weighted by atomic mass is 35.5. The number of benzene rings is 2. The molecule has 0 fully saturated rings. The predicted octanol–water partition coefficient (Wildman–Crippen LogP) is 5.46. The van der Waals surface area contributed by atoms with Crippen LogP contribution in [0.5, 0.6) is 11.5 Å². The highest BCUT2D eigenvalue weighted by molar-refractivity contribution is 7.89. The maximum absolute atomic E-state index is 13.5. The summed E-state index contributed by atoms with van der Waals surface area (Å²) in [4.78, 5) is 29.3. The smallest absolute Gasteiger partial charge is 0.417 e. The molecule has 0 radical (unpaired) electrons. The number of carbonyl (C=O) groups is 2. The number of likely N-dealkylation sites (N-methyl/N-ethyl adjacent to an activating group) is 1. The summed E-state index contributed by atoms with van der Waals surface area (Å²) < 4.78 is 73.4. The van der Waals surface area contributed by atoms with Gasteiger partial charge in [-0.3, -0.25) is 9.59 Å². The first-order valence-corrected chi connectivity index (χ1v) is 12.6. The molecule has 1 heterocycles. The number of rotatable bonds is 7. The minimum atomic E-state index is -4.86. The number of nitrogens with one attached hydrogen (secondary N) is 1. The second-order valence-corrected chi connectivity index (χ2v) is 10.8. The molecule has 2 amide bonds. The number of nitrogens with two attached hydrogens (primary N) is 1. The van der Waals surface area contributed by atoms with Crippen molar-refractivity contribution in [2.75, 3.05) is 12.4 Å². The Balaban J connectivity index is 1.96. The summed E-state index contributed by atoms with van der Waals surface area (Å²) in [5, 5.41) is 1.73. The van der Waals surface area contributed by atoms with Crippen LogP contribution in [0, 0.1) is 12.9 Å². The quantitative estimate of drug-likeness (QED) is 0.215. The molecule has 2 aromatic carbocycles. The zero-order valence-corrected chi connectivity index (χ0v) is 22.6. The number of anilines is 1. The van der Waals surface area contributed by atoms with Crippen molar-refractivity contribution >= 4 is 40.5 Å². The third-order valence-corrected chi connectivity index (χ3v) is 6.86. The summed E-state index contributed by atoms with van der Waals surface area (Å²) in [5.74, 6) is -2.94. The number of hydrogen-bond acceptors (Lipinski definition) is 6. The third-order valence-electron chi connectivity index (χ3n) is 5.22. The first-order valence-electron chi connectivity index (χ1n) is 11.1. The summed E-state index contributed by atoms with van der Waals surface area (Å²) in [6.07, 6.45) is -4.86. The Morgan fingerprint density at radius 1 is 1.13 bits per heavy atom. The molecule has 1 unspecified atom stereocenters. The molecule has 14 heteroatoms. The van der Waals surface area contributed by atoms with Gasteiger partial charge in [-0.1, -0.05) is 17.7 Å². The van der Waals surface area contributed by atoms with Gasteiger partial charge in [-0.05, 0) is 57.2 Å². The van der Waals surface area contributed by atoms with Gasteiger partial charge in [-0.2, -0.15) is 21.9 Å². The van der Waals surface area contributed by atoms with Crippen LogP contribution >= 0.6 is 11.6 Å². The van der Waals surface area contributed by atoms with Crippen LogP contribution in [0.25, 0.3) is 0 Å². The largest absolute Gasteiger partial charge is 0.588 e. The van der Waals surface area contributed by atoms with Gasteiger partial charge in [-0.15, -0.1) is 0 Å². The second kappa shape index (κ2) is 11.4. The lowest BCUT2D eigenvalue weighted by molar-refractivity contribution is -0.137. The van der Waals surface area contributed by atoms with Gasteiger partial charge in [0.25, 0.3) is 11.8 Å². The number of alkyl halides is 3. The Labute approximate surface area is 229 Å². The average Bonchev–Trinajstić information content (AvgIpc) is 2.83. The maximum Gasteiger partial charge on any atom is 0.417 e. The Morgan fingerprint density at radius 2 is 1.79 bits per heavy atom. The fourth-order valence-electron chi connectivity index (χ4n) is 3.30. The minimum absolute atomic E-state index is 0.0272. The van der Waals surface area contributed by atoms with Crippen molar-refractivity contribution in [2.45, 2.75) is 37.4 Å². The lowest BCUT2D eigenvalue weighted by atomic mass is 10.1. The van der Waals surface area contributed by atoms with E-state index >= 15 is 0 Å². The Hall–Kier alpha value is -3.39. The molecule has 0 spiro atoms. The van der Waals surface area contributed by atoms with E-state index in [4.69, 9.17) is 22.1 Å². The van der Waals surface area contributed by atoms with Crippen molar-refractivity contribution < 1.29 is 36.4 Å². The van der Waals surface area contributed by atoms with Gasteiger partial charge in [-0.25, -0.2) is 4.98 Å². The van der Waals surface area contributed by atoms with Crippen molar-refractivity contribution in [3.8, 4) is 11.5 Å². The number of ether oxygens (including phenoxy) is 1. The SMILES string of the molecule is Cc1nc(F)ccc1Oc1cc(C(F)(F)F)c(Cl)cc1C(=O)Nc1cccc([S+]([O-])N(C)C(=O)C(C)(C)N)c1. The Bertz CT molecular complexity index is 1420. The normalized spacial score (nSPS) is 12.6. The second-order valence-electron chi connectivity index (χ2n) is 8.90. The molecule has 0 aliphatic rings. The van der Waals surface area contributed by atoms with Crippen molar-refractivity contribution in [3.05, 3.63) is 76.3 Å². The summed E-state index contributed by atoms with van der Waals surface area (Å²) in [6.45, 7) is 4.29. The van der Waals surface area contributed by atoms with E-state index < -0.39 is 57.2 Å². The van der Waals surface area contributed by atoms with Gasteiger partial charge < -0.3 is 20.3 Å². The van der Waals surface area contributed by atoms with E-state index in [1.165, 1.54) is 52.1 Å². The lowest BCUT2D eigenvalue weighted by Gasteiger charge is -2.26. The average molecular weight is 587 g/mol. The van der Waals surface area contributed by atoms with E-state index in [1.807, 2.05) is 0 Å². The van der Waals surface area contributed by atoms with Gasteiger partial charge in [0.2, 0.25) is 5.95 Å². The number of pyridine rings is 1. The van der Waals surface area contributed by atoms with Crippen LogP contribution in [-0.4, -0.2) is 38.2 Å². The zero-order chi connectivity index (χ0) is 29.3. The molecular weight excluding hydrogens is 564 g/mol. The van der Waals surface area contributed by atoms with Crippen LogP contribution in [0.2, 0.25) is 5.02 Å². The van der Waals surface area contributed by atoms with Gasteiger partial charge in [0.05, 0.1) is 34.4 Å². The van der Waals surface area contributed by atoms with E-state index in [9.17, 15) is 31.7 Å². The molecule has 3 N–H and O–H groups in total. The molecule has 8 nitrogen and oxygen atoms in total. The van der Waals surface area contributed by atoms with Crippen molar-refractivity contribution in [3.63, 3.8) is 0 Å². The third kappa shape index (κ3) is 7.18. The highest BCUT2D eigenvalue weighted by Crippen LogP contribution is 2.40. The summed E-state index contributed by atoms with van der Waals surface area (Å²) in [5.41, 5.74) is 3.02. The van der Waals surface area contributed by atoms with Crippen LogP contribution in [0.1, 0.15) is 35.5 Å². The van der Waals surface area contributed by atoms with Crippen molar-refractivity contribution in [1.82, 2.24) is 9.29 Å². The summed E-state index contributed by atoms with van der Waals surface area (Å²) in [7, 11) is 1.30. The molecule has 0 aliphatic heterocycles. The van der Waals surface area contributed by atoms with Gasteiger partial charge in [0, 0.05) is 11.8 Å². The molecule has 208 valence electrons. The molecule has 1 aromatic heterocycles. The standard InChI is InChI=1S/C25H23ClF4N4O4S/c1-13-19(8-9-21(27)32-13)38-20-12-17(25(28,29)30)18(26)11-16(20)22(35)33-14-6-5-7-15(10-14)39(37)34(4)23(36)24(2,3)31/h5-12H,31H2,1-4H3,(H,33,35). The molecule has 1 atom stereocenters. The van der Waals surface area contributed by atoms with Gasteiger partial charge >= 0.3 is 6.18 Å². The van der Waals surface area contributed by atoms with E-state index in [1.54, 1.807) is 0 Å². The Kier molecular flexibility index (Phi) is 8.80. The monoisotopic (exact) mass is 586 g/mol. The van der Waals surface area contributed by atoms with Crippen LogP contribution in [-0.2, 0) is 22.3 Å². The summed E-state index contributed by atoms with van der Waals surface area (Å²) in [6, 6.07) is 9.11. The van der Waals surface area contributed by atoms with E-state index in [0.29, 0.717) is 6.07 Å². The first kappa shape index (κ1) is 30.2. The van der Waals surface area contributed by atoms with Crippen LogP contribution < -0.4 is 15.8 Å². The molecule has 0 saturated carbocycles. The number of carbonyl (C=O) groups excluding carboxylic acids is 2. The number of amides is 2. The number of aryl methyl sites for hydroxylation is 1. The zero-order valence-electron chi connectivity index (χ0n) is 21.0. The van der Waals surface area contributed by atoms with E-state index in [0.717, 1.165) is 22.5 Å². The number of nitrogens with zero attached hydrogens (tertiary/aromatic N) is 2.